The SMILES string of the molecule is CCCCCCCCCCn1c(N)nc2ccc(Cl)cc21. The molecule has 0 fully saturated rings. The van der Waals surface area contributed by atoms with Gasteiger partial charge in [-0.1, -0.05) is 63.5 Å². The average molecular weight is 308 g/mol. The summed E-state index contributed by atoms with van der Waals surface area (Å²) in [6.45, 7) is 3.18. The number of nitrogen functional groups attached to an aromatic ring is 1. The van der Waals surface area contributed by atoms with Crippen molar-refractivity contribution in [3.8, 4) is 0 Å². The number of aryl methyl sites for hydroxylation is 1. The van der Waals surface area contributed by atoms with Crippen molar-refractivity contribution in [2.45, 2.75) is 64.8 Å². The summed E-state index contributed by atoms with van der Waals surface area (Å²) in [5.74, 6) is 0.593. The summed E-state index contributed by atoms with van der Waals surface area (Å²) in [5.41, 5.74) is 7.98. The normalized spacial score (nSPS) is 11.3. The molecule has 3 nitrogen and oxygen atoms in total. The van der Waals surface area contributed by atoms with Crippen molar-refractivity contribution >= 4 is 28.6 Å². The van der Waals surface area contributed by atoms with Gasteiger partial charge in [0.15, 0.2) is 0 Å². The third-order valence-corrected chi connectivity index (χ3v) is 4.21. The number of anilines is 1. The minimum absolute atomic E-state index is 0.593. The molecule has 0 radical (unpaired) electrons. The molecule has 2 aromatic rings. The fourth-order valence-corrected chi connectivity index (χ4v) is 2.92. The molecule has 0 aliphatic heterocycles. The van der Waals surface area contributed by atoms with Crippen LogP contribution in [0.2, 0.25) is 5.02 Å². The third-order valence-electron chi connectivity index (χ3n) is 3.98. The van der Waals surface area contributed by atoms with Gasteiger partial charge >= 0.3 is 0 Å². The third kappa shape index (κ3) is 4.63. The molecule has 0 amide bonds. The van der Waals surface area contributed by atoms with E-state index in [4.69, 9.17) is 17.3 Å². The van der Waals surface area contributed by atoms with Gasteiger partial charge in [0, 0.05) is 11.6 Å². The fourth-order valence-electron chi connectivity index (χ4n) is 2.75. The number of nitrogens with two attached hydrogens (primary N) is 1. The summed E-state index contributed by atoms with van der Waals surface area (Å²) >= 11 is 6.06. The maximum atomic E-state index is 6.06. The summed E-state index contributed by atoms with van der Waals surface area (Å²) in [6, 6.07) is 5.74. The predicted molar refractivity (Wildman–Crippen MR) is 91.8 cm³/mol. The van der Waals surface area contributed by atoms with Gasteiger partial charge in [0.1, 0.15) is 0 Å². The van der Waals surface area contributed by atoms with E-state index in [1.807, 2.05) is 18.2 Å². The molecule has 0 spiro atoms. The second-order valence-electron chi connectivity index (χ2n) is 5.73. The monoisotopic (exact) mass is 307 g/mol. The number of nitrogens with zero attached hydrogens (tertiary/aromatic N) is 2. The van der Waals surface area contributed by atoms with Gasteiger partial charge < -0.3 is 10.3 Å². The first-order valence-electron chi connectivity index (χ1n) is 8.13. The largest absolute Gasteiger partial charge is 0.369 e. The molecule has 0 aliphatic rings. The molecule has 116 valence electrons. The van der Waals surface area contributed by atoms with E-state index in [1.165, 1.54) is 44.9 Å². The number of benzene rings is 1. The lowest BCUT2D eigenvalue weighted by atomic mass is 10.1. The second kappa shape index (κ2) is 8.28. The Hall–Kier alpha value is -1.22. The van der Waals surface area contributed by atoms with Crippen LogP contribution in [0.25, 0.3) is 11.0 Å². The van der Waals surface area contributed by atoms with Gasteiger partial charge in [0.25, 0.3) is 0 Å². The standard InChI is InChI=1S/C17H26ClN3/c1-2-3-4-5-6-7-8-9-12-21-16-13-14(18)10-11-15(16)20-17(21)19/h10-11,13H,2-9,12H2,1H3,(H2,19,20). The molecule has 1 aromatic heterocycles. The summed E-state index contributed by atoms with van der Waals surface area (Å²) in [5, 5.41) is 0.736. The molecule has 2 rings (SSSR count). The molecule has 1 aromatic carbocycles. The summed E-state index contributed by atoms with van der Waals surface area (Å²) in [6.07, 6.45) is 10.5. The van der Waals surface area contributed by atoms with Crippen LogP contribution >= 0.6 is 11.6 Å². The number of imidazole rings is 1. The van der Waals surface area contributed by atoms with Crippen LogP contribution in [-0.2, 0) is 6.54 Å². The highest BCUT2D eigenvalue weighted by Gasteiger charge is 2.08. The second-order valence-corrected chi connectivity index (χ2v) is 6.17. The highest BCUT2D eigenvalue weighted by Crippen LogP contribution is 2.22. The van der Waals surface area contributed by atoms with E-state index in [1.54, 1.807) is 0 Å². The average Bonchev–Trinajstić information content (AvgIpc) is 2.77. The molecule has 21 heavy (non-hydrogen) atoms. The Labute approximate surface area is 132 Å². The predicted octanol–water partition coefficient (Wildman–Crippen LogP) is 5.41. The minimum atomic E-state index is 0.593. The van der Waals surface area contributed by atoms with Crippen LogP contribution in [0, 0.1) is 0 Å². The van der Waals surface area contributed by atoms with Gasteiger partial charge in [-0.2, -0.15) is 0 Å². The van der Waals surface area contributed by atoms with E-state index >= 15 is 0 Å². The number of fused-ring (bicyclic) bond motifs is 1. The summed E-state index contributed by atoms with van der Waals surface area (Å²) in [7, 11) is 0. The minimum Gasteiger partial charge on any atom is -0.369 e. The van der Waals surface area contributed by atoms with E-state index in [2.05, 4.69) is 16.5 Å². The Morgan fingerprint density at radius 3 is 2.43 bits per heavy atom. The maximum absolute atomic E-state index is 6.06. The quantitative estimate of drug-likeness (QED) is 0.629. The molecule has 4 heteroatoms. The van der Waals surface area contributed by atoms with Crippen molar-refractivity contribution in [2.24, 2.45) is 0 Å². The molecule has 0 saturated carbocycles. The van der Waals surface area contributed by atoms with Gasteiger partial charge in [0.05, 0.1) is 11.0 Å². The Kier molecular flexibility index (Phi) is 6.37. The zero-order valence-electron chi connectivity index (χ0n) is 12.9. The number of rotatable bonds is 9. The van der Waals surface area contributed by atoms with Crippen LogP contribution in [0.1, 0.15) is 58.3 Å². The number of aromatic nitrogens is 2. The lowest BCUT2D eigenvalue weighted by molar-refractivity contribution is 0.550. The highest BCUT2D eigenvalue weighted by molar-refractivity contribution is 6.31. The molecule has 0 unspecified atom stereocenters. The molecule has 0 atom stereocenters. The van der Waals surface area contributed by atoms with Gasteiger partial charge in [-0.3, -0.25) is 0 Å². The van der Waals surface area contributed by atoms with Crippen LogP contribution in [0.4, 0.5) is 5.95 Å². The van der Waals surface area contributed by atoms with E-state index in [9.17, 15) is 0 Å². The van der Waals surface area contributed by atoms with E-state index < -0.39 is 0 Å². The number of hydrogen-bond acceptors (Lipinski definition) is 2. The van der Waals surface area contributed by atoms with Crippen LogP contribution in [-0.4, -0.2) is 9.55 Å². The molecular formula is C17H26ClN3. The zero-order valence-corrected chi connectivity index (χ0v) is 13.7. The smallest absolute Gasteiger partial charge is 0.201 e. The van der Waals surface area contributed by atoms with E-state index in [0.717, 1.165) is 29.0 Å². The van der Waals surface area contributed by atoms with E-state index in [-0.39, 0.29) is 0 Å². The molecule has 2 N–H and O–H groups in total. The summed E-state index contributed by atoms with van der Waals surface area (Å²) < 4.78 is 2.08. The van der Waals surface area contributed by atoms with Crippen LogP contribution < -0.4 is 5.73 Å². The van der Waals surface area contributed by atoms with Gasteiger partial charge in [0.2, 0.25) is 5.95 Å². The lowest BCUT2D eigenvalue weighted by Gasteiger charge is -2.06. The number of halogens is 1. The Morgan fingerprint density at radius 2 is 1.71 bits per heavy atom. The van der Waals surface area contributed by atoms with Crippen molar-refractivity contribution in [1.29, 1.82) is 0 Å². The van der Waals surface area contributed by atoms with Crippen LogP contribution in [0.5, 0.6) is 0 Å². The topological polar surface area (TPSA) is 43.8 Å². The zero-order chi connectivity index (χ0) is 15.1. The Bertz CT molecular complexity index is 562. The van der Waals surface area contributed by atoms with Crippen LogP contribution in [0.15, 0.2) is 18.2 Å². The maximum Gasteiger partial charge on any atom is 0.201 e. The van der Waals surface area contributed by atoms with Crippen molar-refractivity contribution in [3.63, 3.8) is 0 Å². The van der Waals surface area contributed by atoms with Gasteiger partial charge in [-0.25, -0.2) is 4.98 Å². The van der Waals surface area contributed by atoms with E-state index in [0.29, 0.717) is 5.95 Å². The van der Waals surface area contributed by atoms with Crippen molar-refractivity contribution in [1.82, 2.24) is 9.55 Å². The number of unbranched alkanes of at least 4 members (excludes halogenated alkanes) is 7. The van der Waals surface area contributed by atoms with Gasteiger partial charge in [-0.15, -0.1) is 0 Å². The van der Waals surface area contributed by atoms with Crippen LogP contribution in [0.3, 0.4) is 0 Å². The Balaban J connectivity index is 1.78. The van der Waals surface area contributed by atoms with Crippen molar-refractivity contribution in [2.75, 3.05) is 5.73 Å². The van der Waals surface area contributed by atoms with Crippen molar-refractivity contribution < 1.29 is 0 Å². The first-order valence-corrected chi connectivity index (χ1v) is 8.51. The fraction of sp³-hybridized carbons (Fsp3) is 0.588. The first kappa shape index (κ1) is 16.2. The Morgan fingerprint density at radius 1 is 1.05 bits per heavy atom. The first-order chi connectivity index (χ1) is 10.2. The molecule has 0 saturated heterocycles. The highest BCUT2D eigenvalue weighted by atomic mass is 35.5. The molecule has 0 aliphatic carbocycles. The number of hydrogen-bond donors (Lipinski definition) is 1. The van der Waals surface area contributed by atoms with Gasteiger partial charge in [-0.05, 0) is 24.6 Å². The molecular weight excluding hydrogens is 282 g/mol. The summed E-state index contributed by atoms with van der Waals surface area (Å²) in [4.78, 5) is 4.39. The molecule has 1 heterocycles. The van der Waals surface area contributed by atoms with Crippen molar-refractivity contribution in [3.05, 3.63) is 23.2 Å². The lowest BCUT2D eigenvalue weighted by Crippen LogP contribution is -2.03. The molecule has 0 bridgehead atoms.